The first-order valence-corrected chi connectivity index (χ1v) is 21.0. The van der Waals surface area contributed by atoms with E-state index in [4.69, 9.17) is 4.42 Å². The average molecular weight is 738 g/mol. The second-order valence-corrected chi connectivity index (χ2v) is 16.9. The van der Waals surface area contributed by atoms with Crippen LogP contribution in [0.2, 0.25) is 0 Å². The highest BCUT2D eigenvalue weighted by Gasteiger charge is 2.33. The van der Waals surface area contributed by atoms with Gasteiger partial charge in [0.15, 0.2) is 0 Å². The Hall–Kier alpha value is -6.16. The van der Waals surface area contributed by atoms with Crippen LogP contribution in [0.4, 0.5) is 17.1 Å². The third-order valence-electron chi connectivity index (χ3n) is 12.5. The van der Waals surface area contributed by atoms with Crippen molar-refractivity contribution in [1.29, 1.82) is 0 Å². The lowest BCUT2D eigenvalue weighted by atomic mass is 9.80. The summed E-state index contributed by atoms with van der Waals surface area (Å²) in [6.45, 7) is 0. The van der Waals surface area contributed by atoms with Crippen LogP contribution in [0.1, 0.15) is 54.0 Å². The molecule has 56 heavy (non-hydrogen) atoms. The van der Waals surface area contributed by atoms with Gasteiger partial charge in [0.05, 0.1) is 11.4 Å². The van der Waals surface area contributed by atoms with E-state index in [0.29, 0.717) is 11.8 Å². The van der Waals surface area contributed by atoms with E-state index in [1.165, 1.54) is 97.0 Å². The number of hydrogen-bond donors (Lipinski definition) is 0. The standard InChI is InChI=1S/C53H39NOS/c1-2-12-33(13-3-1)39-20-9-14-34-15-10-21-43(51(34)39)40-18-4-6-22-45(40)54(46-23-11-25-49-53(46)52-44-31-37(44)27-29-50(52)56-49)38-17-8-16-35(30-38)36-26-28-42-41-19-5-7-24-47(41)55-48(42)32-36/h4-11,14-33,37H,1-3,12-13H2/t37-/m1/s1. The smallest absolute Gasteiger partial charge is 0.136 e. The van der Waals surface area contributed by atoms with Crippen LogP contribution < -0.4 is 4.90 Å². The maximum absolute atomic E-state index is 6.37. The number of rotatable bonds is 6. The Morgan fingerprint density at radius 1 is 0.589 bits per heavy atom. The van der Waals surface area contributed by atoms with E-state index in [1.54, 1.807) is 0 Å². The van der Waals surface area contributed by atoms with E-state index < -0.39 is 0 Å². The lowest BCUT2D eigenvalue weighted by Gasteiger charge is -2.30. The normalized spacial score (nSPS) is 16.4. The molecule has 0 saturated heterocycles. The molecule has 0 unspecified atom stereocenters. The summed E-state index contributed by atoms with van der Waals surface area (Å²) < 4.78 is 7.69. The summed E-state index contributed by atoms with van der Waals surface area (Å²) in [5.41, 5.74) is 14.6. The molecule has 0 bridgehead atoms. The fourth-order valence-electron chi connectivity index (χ4n) is 9.87. The first-order valence-electron chi connectivity index (χ1n) is 20.2. The van der Waals surface area contributed by atoms with Crippen LogP contribution in [-0.4, -0.2) is 0 Å². The van der Waals surface area contributed by atoms with Crippen molar-refractivity contribution in [3.05, 3.63) is 174 Å². The number of fused-ring (bicyclic) bond motifs is 9. The number of allylic oxidation sites excluding steroid dienone is 3. The van der Waals surface area contributed by atoms with Gasteiger partial charge in [0.25, 0.3) is 0 Å². The maximum Gasteiger partial charge on any atom is 0.136 e. The van der Waals surface area contributed by atoms with E-state index >= 15 is 0 Å². The lowest BCUT2D eigenvalue weighted by Crippen LogP contribution is -2.12. The second kappa shape index (κ2) is 12.7. The van der Waals surface area contributed by atoms with Crippen molar-refractivity contribution < 1.29 is 4.42 Å². The third kappa shape index (κ3) is 5.07. The second-order valence-electron chi connectivity index (χ2n) is 15.8. The Kier molecular flexibility index (Phi) is 7.28. The summed E-state index contributed by atoms with van der Waals surface area (Å²) in [6.07, 6.45) is 13.6. The summed E-state index contributed by atoms with van der Waals surface area (Å²) in [5, 5.41) is 6.37. The lowest BCUT2D eigenvalue weighted by molar-refractivity contribution is 0.445. The van der Waals surface area contributed by atoms with E-state index in [9.17, 15) is 0 Å². The van der Waals surface area contributed by atoms with Crippen molar-refractivity contribution in [3.63, 3.8) is 0 Å². The number of nitrogens with zero attached hydrogens (tertiary/aromatic N) is 1. The molecule has 2 heterocycles. The van der Waals surface area contributed by atoms with E-state index in [-0.39, 0.29) is 0 Å². The highest BCUT2D eigenvalue weighted by atomic mass is 32.1. The summed E-state index contributed by atoms with van der Waals surface area (Å²) in [4.78, 5) is 3.91. The van der Waals surface area contributed by atoms with Crippen molar-refractivity contribution in [2.45, 2.75) is 38.0 Å². The Balaban J connectivity index is 1.09. The molecule has 3 aliphatic carbocycles. The fourth-order valence-corrected chi connectivity index (χ4v) is 11.0. The molecule has 1 fully saturated rings. The molecule has 3 heteroatoms. The van der Waals surface area contributed by atoms with Gasteiger partial charge in [-0.15, -0.1) is 11.3 Å². The van der Waals surface area contributed by atoms with Crippen molar-refractivity contribution in [3.8, 4) is 22.3 Å². The molecule has 2 nitrogen and oxygen atoms in total. The van der Waals surface area contributed by atoms with E-state index in [1.807, 2.05) is 17.4 Å². The average Bonchev–Trinajstić information content (AvgIpc) is 3.81. The van der Waals surface area contributed by atoms with Gasteiger partial charge in [-0.2, -0.15) is 0 Å². The number of thiophene rings is 1. The van der Waals surface area contributed by atoms with Crippen LogP contribution in [0, 0.1) is 5.92 Å². The molecule has 0 radical (unpaired) electrons. The van der Waals surface area contributed by atoms with Crippen LogP contribution >= 0.6 is 11.3 Å². The van der Waals surface area contributed by atoms with Crippen LogP contribution in [0.15, 0.2) is 162 Å². The molecule has 9 aromatic rings. The monoisotopic (exact) mass is 737 g/mol. The topological polar surface area (TPSA) is 16.4 Å². The van der Waals surface area contributed by atoms with Gasteiger partial charge in [-0.1, -0.05) is 128 Å². The largest absolute Gasteiger partial charge is 0.456 e. The maximum atomic E-state index is 6.37. The van der Waals surface area contributed by atoms with Gasteiger partial charge in [0.2, 0.25) is 0 Å². The molecule has 1 saturated carbocycles. The zero-order valence-corrected chi connectivity index (χ0v) is 31.9. The van der Waals surface area contributed by atoms with Gasteiger partial charge >= 0.3 is 0 Å². The summed E-state index contributed by atoms with van der Waals surface area (Å²) in [5.74, 6) is 1.05. The van der Waals surface area contributed by atoms with Crippen molar-refractivity contribution in [2.75, 3.05) is 4.90 Å². The van der Waals surface area contributed by atoms with Crippen LogP contribution in [-0.2, 0) is 0 Å². The molecule has 7 aromatic carbocycles. The van der Waals surface area contributed by atoms with Crippen molar-refractivity contribution >= 4 is 82.8 Å². The molecule has 3 aliphatic rings. The third-order valence-corrected chi connectivity index (χ3v) is 13.7. The van der Waals surface area contributed by atoms with Gasteiger partial charge in [-0.05, 0) is 112 Å². The molecule has 0 aliphatic heterocycles. The number of furan rings is 1. The molecular formula is C53H39NOS. The minimum Gasteiger partial charge on any atom is -0.456 e. The number of para-hydroxylation sites is 2. The van der Waals surface area contributed by atoms with Crippen molar-refractivity contribution in [2.24, 2.45) is 5.92 Å². The Labute approximate surface area is 330 Å². The Morgan fingerprint density at radius 3 is 2.30 bits per heavy atom. The fraction of sp³-hybridized carbons (Fsp3) is 0.132. The van der Waals surface area contributed by atoms with Gasteiger partial charge < -0.3 is 9.32 Å². The SMILES string of the molecule is C1=C[C@@H]2C=C2c2c1sc1cccc(N(c3cccc(-c4ccc5c(c4)oc4ccccc45)c3)c3ccccc3-c3cccc4cccc(C5CCCCC5)c34)c21. The zero-order valence-electron chi connectivity index (χ0n) is 31.0. The minimum atomic E-state index is 0.458. The highest BCUT2D eigenvalue weighted by Crippen LogP contribution is 2.55. The predicted molar refractivity (Wildman–Crippen MR) is 238 cm³/mol. The Bertz CT molecular complexity index is 3090. The van der Waals surface area contributed by atoms with Gasteiger partial charge in [0, 0.05) is 48.5 Å². The van der Waals surface area contributed by atoms with E-state index in [2.05, 4.69) is 163 Å². The summed E-state index contributed by atoms with van der Waals surface area (Å²) >= 11 is 1.91. The first kappa shape index (κ1) is 32.1. The van der Waals surface area contributed by atoms with Gasteiger partial charge in [-0.3, -0.25) is 0 Å². The molecule has 0 amide bonds. The van der Waals surface area contributed by atoms with Gasteiger partial charge in [-0.25, -0.2) is 0 Å². The predicted octanol–water partition coefficient (Wildman–Crippen LogP) is 15.8. The van der Waals surface area contributed by atoms with Crippen LogP contribution in [0.5, 0.6) is 0 Å². The number of anilines is 3. The number of hydrogen-bond acceptors (Lipinski definition) is 3. The zero-order chi connectivity index (χ0) is 36.7. The Morgan fingerprint density at radius 2 is 1.36 bits per heavy atom. The van der Waals surface area contributed by atoms with E-state index in [0.717, 1.165) is 38.8 Å². The summed E-state index contributed by atoms with van der Waals surface area (Å²) in [7, 11) is 0. The first-order chi connectivity index (χ1) is 27.8. The summed E-state index contributed by atoms with van der Waals surface area (Å²) in [6, 6.07) is 54.0. The van der Waals surface area contributed by atoms with Crippen LogP contribution in [0.3, 0.4) is 0 Å². The molecule has 0 N–H and O–H groups in total. The quantitative estimate of drug-likeness (QED) is 0.169. The molecular weight excluding hydrogens is 699 g/mol. The molecule has 2 aromatic heterocycles. The molecule has 0 spiro atoms. The molecule has 268 valence electrons. The number of benzene rings is 7. The van der Waals surface area contributed by atoms with Crippen LogP contribution in [0.25, 0.3) is 76.7 Å². The highest BCUT2D eigenvalue weighted by molar-refractivity contribution is 7.20. The molecule has 12 rings (SSSR count). The molecule has 1 atom stereocenters. The minimum absolute atomic E-state index is 0.458. The van der Waals surface area contributed by atoms with Gasteiger partial charge in [0.1, 0.15) is 11.2 Å². The van der Waals surface area contributed by atoms with Crippen molar-refractivity contribution in [1.82, 2.24) is 0 Å².